The normalized spacial score (nSPS) is 11.7. The van der Waals surface area contributed by atoms with Gasteiger partial charge in [0, 0.05) is 16.1 Å². The monoisotopic (exact) mass is 370 g/mol. The minimum atomic E-state index is -4.73. The first-order chi connectivity index (χ1) is 11.7. The van der Waals surface area contributed by atoms with Crippen LogP contribution in [0.25, 0.3) is 22.4 Å². The Kier molecular flexibility index (Phi) is 4.00. The first-order valence-corrected chi connectivity index (χ1v) is 7.23. The summed E-state index contributed by atoms with van der Waals surface area (Å²) in [6.45, 7) is 0. The van der Waals surface area contributed by atoms with Crippen molar-refractivity contribution < 1.29 is 28.5 Å². The molecule has 0 aliphatic rings. The summed E-state index contributed by atoms with van der Waals surface area (Å²) in [4.78, 5) is 0. The average Bonchev–Trinajstić information content (AvgIpc) is 2.98. The molecule has 0 atom stereocenters. The minimum Gasteiger partial charge on any atom is -0.504 e. The van der Waals surface area contributed by atoms with Gasteiger partial charge < -0.3 is 15.3 Å². The second-order valence-electron chi connectivity index (χ2n) is 5.16. The van der Waals surface area contributed by atoms with Crippen LogP contribution in [0.1, 0.15) is 5.69 Å². The van der Waals surface area contributed by atoms with Gasteiger partial charge in [-0.15, -0.1) is 0 Å². The Morgan fingerprint density at radius 3 is 2.16 bits per heavy atom. The van der Waals surface area contributed by atoms with Crippen molar-refractivity contribution in [1.82, 2.24) is 10.2 Å². The SMILES string of the molecule is Oc1ccc(-c2n[nH]c(C(F)(F)F)c2-c2ccc(Cl)cc2)c(O)c1O. The standard InChI is InChI=1S/C16H10ClF3N2O3/c17-8-3-1-7(2-4-8)11-12(21-22-15(11)16(18,19)20)9-5-6-10(23)14(25)13(9)24/h1-6,23-25H,(H,21,22). The molecular formula is C16H10ClF3N2O3. The van der Waals surface area contributed by atoms with E-state index in [2.05, 4.69) is 5.10 Å². The maximum Gasteiger partial charge on any atom is 0.433 e. The third kappa shape index (κ3) is 2.96. The minimum absolute atomic E-state index is 0.160. The Hall–Kier alpha value is -2.87. The lowest BCUT2D eigenvalue weighted by atomic mass is 9.98. The molecule has 25 heavy (non-hydrogen) atoms. The van der Waals surface area contributed by atoms with Gasteiger partial charge in [-0.25, -0.2) is 0 Å². The number of halogens is 4. The molecule has 130 valence electrons. The number of benzene rings is 2. The lowest BCUT2D eigenvalue weighted by molar-refractivity contribution is -0.140. The number of hydrogen-bond acceptors (Lipinski definition) is 4. The van der Waals surface area contributed by atoms with E-state index in [1.165, 1.54) is 24.3 Å². The fraction of sp³-hybridized carbons (Fsp3) is 0.0625. The lowest BCUT2D eigenvalue weighted by Crippen LogP contribution is -2.07. The largest absolute Gasteiger partial charge is 0.504 e. The molecule has 3 rings (SSSR count). The molecule has 0 saturated heterocycles. The van der Waals surface area contributed by atoms with Crippen molar-refractivity contribution in [2.75, 3.05) is 0 Å². The van der Waals surface area contributed by atoms with Crippen molar-refractivity contribution in [3.8, 4) is 39.6 Å². The number of H-pyrrole nitrogens is 1. The summed E-state index contributed by atoms with van der Waals surface area (Å²) in [6.07, 6.45) is -4.73. The topological polar surface area (TPSA) is 89.4 Å². The molecule has 0 radical (unpaired) electrons. The molecule has 1 aromatic heterocycles. The van der Waals surface area contributed by atoms with Gasteiger partial charge in [-0.05, 0) is 29.8 Å². The summed E-state index contributed by atoms with van der Waals surface area (Å²) < 4.78 is 40.0. The van der Waals surface area contributed by atoms with E-state index in [1.807, 2.05) is 5.10 Å². The maximum absolute atomic E-state index is 13.3. The smallest absolute Gasteiger partial charge is 0.433 e. The Morgan fingerprint density at radius 2 is 1.56 bits per heavy atom. The van der Waals surface area contributed by atoms with Gasteiger partial charge in [0.2, 0.25) is 5.75 Å². The first kappa shape index (κ1) is 17.0. The molecular weight excluding hydrogens is 361 g/mol. The van der Waals surface area contributed by atoms with Gasteiger partial charge in [0.25, 0.3) is 0 Å². The zero-order chi connectivity index (χ0) is 18.4. The van der Waals surface area contributed by atoms with Crippen molar-refractivity contribution in [3.05, 3.63) is 47.1 Å². The predicted octanol–water partition coefficient (Wildman–Crippen LogP) is 4.53. The number of nitrogens with zero attached hydrogens (tertiary/aromatic N) is 1. The second kappa shape index (κ2) is 5.89. The highest BCUT2D eigenvalue weighted by Gasteiger charge is 2.38. The second-order valence-corrected chi connectivity index (χ2v) is 5.59. The molecule has 2 aromatic carbocycles. The number of aromatic amines is 1. The van der Waals surface area contributed by atoms with Crippen LogP contribution in [0.4, 0.5) is 13.2 Å². The van der Waals surface area contributed by atoms with E-state index in [9.17, 15) is 28.5 Å². The molecule has 1 heterocycles. The van der Waals surface area contributed by atoms with Crippen LogP contribution in [0.5, 0.6) is 17.2 Å². The highest BCUT2D eigenvalue weighted by molar-refractivity contribution is 6.30. The zero-order valence-corrected chi connectivity index (χ0v) is 13.0. The number of phenols is 3. The van der Waals surface area contributed by atoms with Crippen molar-refractivity contribution in [1.29, 1.82) is 0 Å². The summed E-state index contributed by atoms with van der Waals surface area (Å²) >= 11 is 5.78. The van der Waals surface area contributed by atoms with Gasteiger partial charge in [0.15, 0.2) is 11.5 Å². The highest BCUT2D eigenvalue weighted by Crippen LogP contribution is 2.47. The number of aromatic hydroxyl groups is 3. The summed E-state index contributed by atoms with van der Waals surface area (Å²) in [6, 6.07) is 7.79. The van der Waals surface area contributed by atoms with Crippen molar-refractivity contribution in [2.45, 2.75) is 6.18 Å². The van der Waals surface area contributed by atoms with Crippen LogP contribution in [0, 0.1) is 0 Å². The molecule has 0 aliphatic carbocycles. The van der Waals surface area contributed by atoms with Gasteiger partial charge in [0.1, 0.15) is 11.4 Å². The number of nitrogens with one attached hydrogen (secondary N) is 1. The lowest BCUT2D eigenvalue weighted by Gasteiger charge is -2.11. The quantitative estimate of drug-likeness (QED) is 0.499. The van der Waals surface area contributed by atoms with Crippen LogP contribution in [0.15, 0.2) is 36.4 Å². The Morgan fingerprint density at radius 1 is 0.920 bits per heavy atom. The van der Waals surface area contributed by atoms with Crippen LogP contribution in [-0.2, 0) is 6.18 Å². The van der Waals surface area contributed by atoms with E-state index in [1.54, 1.807) is 0 Å². The van der Waals surface area contributed by atoms with Crippen molar-refractivity contribution in [3.63, 3.8) is 0 Å². The fourth-order valence-corrected chi connectivity index (χ4v) is 2.53. The van der Waals surface area contributed by atoms with E-state index in [-0.39, 0.29) is 22.4 Å². The van der Waals surface area contributed by atoms with E-state index < -0.39 is 29.1 Å². The van der Waals surface area contributed by atoms with Crippen LogP contribution in [0.2, 0.25) is 5.02 Å². The molecule has 5 nitrogen and oxygen atoms in total. The summed E-state index contributed by atoms with van der Waals surface area (Å²) in [7, 11) is 0. The molecule has 3 aromatic rings. The molecule has 0 spiro atoms. The Bertz CT molecular complexity index is 937. The predicted molar refractivity (Wildman–Crippen MR) is 84.5 cm³/mol. The fourth-order valence-electron chi connectivity index (χ4n) is 2.40. The van der Waals surface area contributed by atoms with Crippen molar-refractivity contribution in [2.24, 2.45) is 0 Å². The number of aromatic nitrogens is 2. The summed E-state index contributed by atoms with van der Waals surface area (Å²) in [5.74, 6) is -2.24. The molecule has 0 bridgehead atoms. The van der Waals surface area contributed by atoms with Gasteiger partial charge in [-0.1, -0.05) is 23.7 Å². The molecule has 0 fully saturated rings. The Balaban J connectivity index is 2.30. The van der Waals surface area contributed by atoms with Crippen molar-refractivity contribution >= 4 is 11.6 Å². The summed E-state index contributed by atoms with van der Waals surface area (Å²) in [5.41, 5.74) is -1.68. The number of hydrogen-bond donors (Lipinski definition) is 4. The third-order valence-corrected chi connectivity index (χ3v) is 3.82. The van der Waals surface area contributed by atoms with Gasteiger partial charge in [0.05, 0.1) is 0 Å². The van der Waals surface area contributed by atoms with E-state index in [4.69, 9.17) is 11.6 Å². The van der Waals surface area contributed by atoms with E-state index >= 15 is 0 Å². The summed E-state index contributed by atoms with van der Waals surface area (Å²) in [5, 5.41) is 34.9. The molecule has 0 unspecified atom stereocenters. The van der Waals surface area contributed by atoms with Crippen LogP contribution in [0.3, 0.4) is 0 Å². The number of phenolic OH excluding ortho intramolecular Hbond substituents is 3. The first-order valence-electron chi connectivity index (χ1n) is 6.86. The third-order valence-electron chi connectivity index (χ3n) is 3.57. The van der Waals surface area contributed by atoms with E-state index in [0.29, 0.717) is 5.02 Å². The van der Waals surface area contributed by atoms with Crippen LogP contribution >= 0.6 is 11.6 Å². The average molecular weight is 371 g/mol. The Labute approximate surface area is 143 Å². The van der Waals surface area contributed by atoms with E-state index in [0.717, 1.165) is 12.1 Å². The molecule has 0 saturated carbocycles. The molecule has 0 amide bonds. The number of rotatable bonds is 2. The highest BCUT2D eigenvalue weighted by atomic mass is 35.5. The van der Waals surface area contributed by atoms with Gasteiger partial charge in [-0.2, -0.15) is 18.3 Å². The zero-order valence-electron chi connectivity index (χ0n) is 12.3. The van der Waals surface area contributed by atoms with Crippen LogP contribution in [-0.4, -0.2) is 25.5 Å². The van der Waals surface area contributed by atoms with Crippen LogP contribution < -0.4 is 0 Å². The number of alkyl halides is 3. The molecule has 4 N–H and O–H groups in total. The molecule has 0 aliphatic heterocycles. The van der Waals surface area contributed by atoms with Gasteiger partial charge in [-0.3, -0.25) is 5.10 Å². The molecule has 9 heteroatoms. The van der Waals surface area contributed by atoms with Gasteiger partial charge >= 0.3 is 6.18 Å². The maximum atomic E-state index is 13.3.